The lowest BCUT2D eigenvalue weighted by atomic mass is 10.1. The molecule has 2 heterocycles. The van der Waals surface area contributed by atoms with Crippen molar-refractivity contribution in [2.24, 2.45) is 0 Å². The van der Waals surface area contributed by atoms with Gasteiger partial charge in [-0.2, -0.15) is 0 Å². The number of Topliss-reactive ketones (excluding diaryl/α,β-unsaturated/α-hetero) is 1. The van der Waals surface area contributed by atoms with E-state index >= 15 is 0 Å². The molecule has 0 radical (unpaired) electrons. The normalized spacial score (nSPS) is 16.5. The molecule has 1 aliphatic heterocycles. The van der Waals surface area contributed by atoms with E-state index in [1.807, 2.05) is 13.8 Å². The fourth-order valence-electron chi connectivity index (χ4n) is 2.29. The zero-order chi connectivity index (χ0) is 14.2. The minimum Gasteiger partial charge on any atom is -0.494 e. The number of methoxy groups -OCH3 is 1. The Kier molecular flexibility index (Phi) is 3.29. The Morgan fingerprint density at radius 3 is 2.58 bits per heavy atom. The van der Waals surface area contributed by atoms with Crippen LogP contribution in [-0.4, -0.2) is 23.8 Å². The summed E-state index contributed by atoms with van der Waals surface area (Å²) in [5, 5.41) is 2.69. The van der Waals surface area contributed by atoms with Gasteiger partial charge < -0.3 is 15.0 Å². The van der Waals surface area contributed by atoms with E-state index in [0.29, 0.717) is 17.0 Å². The Labute approximate surface area is 111 Å². The highest BCUT2D eigenvalue weighted by Gasteiger charge is 2.20. The van der Waals surface area contributed by atoms with Crippen LogP contribution >= 0.6 is 0 Å². The van der Waals surface area contributed by atoms with Crippen LogP contribution in [0.1, 0.15) is 34.2 Å². The first-order chi connectivity index (χ1) is 8.93. The quantitative estimate of drug-likeness (QED) is 0.814. The molecule has 1 amide bonds. The number of ketones is 1. The van der Waals surface area contributed by atoms with Crippen molar-refractivity contribution in [1.82, 2.24) is 10.3 Å². The van der Waals surface area contributed by atoms with Gasteiger partial charge in [-0.25, -0.2) is 0 Å². The van der Waals surface area contributed by atoms with Gasteiger partial charge in [-0.3, -0.25) is 9.59 Å². The van der Waals surface area contributed by atoms with Crippen molar-refractivity contribution in [3.63, 3.8) is 0 Å². The fourth-order valence-corrected chi connectivity index (χ4v) is 2.29. The van der Waals surface area contributed by atoms with Crippen molar-refractivity contribution in [3.8, 4) is 0 Å². The molecule has 0 aliphatic carbocycles. The van der Waals surface area contributed by atoms with Gasteiger partial charge >= 0.3 is 0 Å². The van der Waals surface area contributed by atoms with Crippen LogP contribution in [0.4, 0.5) is 0 Å². The van der Waals surface area contributed by atoms with Gasteiger partial charge in [0.05, 0.1) is 12.8 Å². The van der Waals surface area contributed by atoms with Gasteiger partial charge in [-0.05, 0) is 32.4 Å². The maximum absolute atomic E-state index is 11.6. The summed E-state index contributed by atoms with van der Waals surface area (Å²) in [6.45, 7) is 5.27. The minimum absolute atomic E-state index is 0.0221. The highest BCUT2D eigenvalue weighted by atomic mass is 16.5. The van der Waals surface area contributed by atoms with E-state index in [-0.39, 0.29) is 11.7 Å². The number of aromatic nitrogens is 1. The van der Waals surface area contributed by atoms with E-state index in [1.54, 1.807) is 6.08 Å². The van der Waals surface area contributed by atoms with E-state index in [9.17, 15) is 9.59 Å². The maximum Gasteiger partial charge on any atom is 0.252 e. The third kappa shape index (κ3) is 2.31. The first-order valence-corrected chi connectivity index (χ1v) is 5.93. The lowest BCUT2D eigenvalue weighted by Gasteiger charge is -2.03. The predicted octanol–water partition coefficient (Wildman–Crippen LogP) is 1.84. The fraction of sp³-hybridized carbons (Fsp3) is 0.286. The number of carbonyl (C=O) groups excluding carboxylic acids is 2. The van der Waals surface area contributed by atoms with Crippen LogP contribution < -0.4 is 5.32 Å². The highest BCUT2D eigenvalue weighted by molar-refractivity contribution is 5.98. The summed E-state index contributed by atoms with van der Waals surface area (Å²) in [5.41, 5.74) is 3.77. The van der Waals surface area contributed by atoms with E-state index in [0.717, 1.165) is 17.0 Å². The van der Waals surface area contributed by atoms with E-state index in [4.69, 9.17) is 4.74 Å². The summed E-state index contributed by atoms with van der Waals surface area (Å²) in [6, 6.07) is 0. The molecule has 0 aromatic carbocycles. The van der Waals surface area contributed by atoms with Crippen molar-refractivity contribution in [2.75, 3.05) is 7.11 Å². The van der Waals surface area contributed by atoms with Crippen molar-refractivity contribution in [2.45, 2.75) is 20.8 Å². The average molecular weight is 260 g/mol. The SMILES string of the molecule is COC1=CC(=O)N/C1=C\c1[nH]c(C)c(C(C)=O)c1C. The second-order valence-corrected chi connectivity index (χ2v) is 4.48. The molecule has 2 N–H and O–H groups in total. The van der Waals surface area contributed by atoms with Gasteiger partial charge in [0.1, 0.15) is 5.76 Å². The predicted molar refractivity (Wildman–Crippen MR) is 71.5 cm³/mol. The van der Waals surface area contributed by atoms with Crippen LogP contribution in [0.15, 0.2) is 17.5 Å². The molecule has 1 aromatic heterocycles. The molecule has 0 saturated carbocycles. The van der Waals surface area contributed by atoms with Gasteiger partial charge in [0.2, 0.25) is 0 Å². The molecule has 5 heteroatoms. The summed E-state index contributed by atoms with van der Waals surface area (Å²) in [7, 11) is 1.51. The summed E-state index contributed by atoms with van der Waals surface area (Å²) >= 11 is 0. The van der Waals surface area contributed by atoms with Crippen molar-refractivity contribution in [3.05, 3.63) is 40.0 Å². The van der Waals surface area contributed by atoms with Crippen LogP contribution in [0.5, 0.6) is 0 Å². The van der Waals surface area contributed by atoms with Crippen LogP contribution in [0.2, 0.25) is 0 Å². The number of aryl methyl sites for hydroxylation is 1. The molecule has 1 aliphatic rings. The monoisotopic (exact) mass is 260 g/mol. The van der Waals surface area contributed by atoms with E-state index < -0.39 is 0 Å². The standard InChI is InChI=1S/C14H16N2O3/c1-7-10(15-8(2)14(7)9(3)17)5-11-12(19-4)6-13(18)16-11/h5-6,15H,1-4H3,(H,16,18)/b11-5-. The second kappa shape index (κ2) is 4.76. The zero-order valence-electron chi connectivity index (χ0n) is 11.4. The van der Waals surface area contributed by atoms with Crippen molar-refractivity contribution < 1.29 is 14.3 Å². The first-order valence-electron chi connectivity index (χ1n) is 5.93. The Balaban J connectivity index is 2.45. The number of nitrogens with one attached hydrogen (secondary N) is 2. The van der Waals surface area contributed by atoms with Gasteiger partial charge in [0.15, 0.2) is 5.78 Å². The third-order valence-corrected chi connectivity index (χ3v) is 3.12. The number of rotatable bonds is 3. The van der Waals surface area contributed by atoms with Gasteiger partial charge in [-0.15, -0.1) is 0 Å². The smallest absolute Gasteiger partial charge is 0.252 e. The summed E-state index contributed by atoms with van der Waals surface area (Å²) < 4.78 is 5.12. The lowest BCUT2D eigenvalue weighted by molar-refractivity contribution is -0.115. The summed E-state index contributed by atoms with van der Waals surface area (Å²) in [6.07, 6.45) is 3.16. The molecule has 19 heavy (non-hydrogen) atoms. The Morgan fingerprint density at radius 2 is 2.05 bits per heavy atom. The molecule has 0 atom stereocenters. The number of hydrogen-bond acceptors (Lipinski definition) is 3. The molecule has 0 fully saturated rings. The molecule has 0 unspecified atom stereocenters. The van der Waals surface area contributed by atoms with Crippen molar-refractivity contribution in [1.29, 1.82) is 0 Å². The molecule has 0 bridgehead atoms. The minimum atomic E-state index is -0.212. The molecular formula is C14H16N2O3. The molecular weight excluding hydrogens is 244 g/mol. The first kappa shape index (κ1) is 13.1. The molecule has 0 spiro atoms. The zero-order valence-corrected chi connectivity index (χ0v) is 11.4. The number of hydrogen-bond donors (Lipinski definition) is 2. The Hall–Kier alpha value is -2.30. The molecule has 0 saturated heterocycles. The number of carbonyl (C=O) groups is 2. The largest absolute Gasteiger partial charge is 0.494 e. The van der Waals surface area contributed by atoms with Gasteiger partial charge in [0.25, 0.3) is 5.91 Å². The van der Waals surface area contributed by atoms with Crippen molar-refractivity contribution >= 4 is 17.8 Å². The van der Waals surface area contributed by atoms with E-state index in [1.165, 1.54) is 20.1 Å². The van der Waals surface area contributed by atoms with Gasteiger partial charge in [-0.1, -0.05) is 0 Å². The molecule has 2 rings (SSSR count). The topological polar surface area (TPSA) is 71.2 Å². The van der Waals surface area contributed by atoms with Crippen LogP contribution in [-0.2, 0) is 9.53 Å². The number of amides is 1. The third-order valence-electron chi connectivity index (χ3n) is 3.12. The van der Waals surface area contributed by atoms with Gasteiger partial charge in [0, 0.05) is 23.0 Å². The average Bonchev–Trinajstić information content (AvgIpc) is 2.80. The highest BCUT2D eigenvalue weighted by Crippen LogP contribution is 2.23. The Bertz CT molecular complexity index is 621. The van der Waals surface area contributed by atoms with E-state index in [2.05, 4.69) is 10.3 Å². The second-order valence-electron chi connectivity index (χ2n) is 4.48. The summed E-state index contributed by atoms with van der Waals surface area (Å²) in [4.78, 5) is 26.0. The lowest BCUT2D eigenvalue weighted by Crippen LogP contribution is -2.13. The number of aromatic amines is 1. The molecule has 5 nitrogen and oxygen atoms in total. The molecule has 100 valence electrons. The van der Waals surface area contributed by atoms with Crippen LogP contribution in [0.25, 0.3) is 6.08 Å². The number of H-pyrrole nitrogens is 1. The van der Waals surface area contributed by atoms with Crippen LogP contribution in [0.3, 0.4) is 0 Å². The van der Waals surface area contributed by atoms with Crippen LogP contribution in [0, 0.1) is 13.8 Å². The Morgan fingerprint density at radius 1 is 1.37 bits per heavy atom. The number of ether oxygens (including phenoxy) is 1. The maximum atomic E-state index is 11.6. The molecule has 1 aromatic rings. The summed E-state index contributed by atoms with van der Waals surface area (Å²) in [5.74, 6) is 0.297.